The number of nitrogens with zero attached hydrogens (tertiary/aromatic N) is 3. The normalized spacial score (nSPS) is 13.9. The van der Waals surface area contributed by atoms with Crippen LogP contribution >= 0.6 is 11.3 Å². The van der Waals surface area contributed by atoms with Gasteiger partial charge >= 0.3 is 0 Å². The second-order valence-corrected chi connectivity index (χ2v) is 5.58. The van der Waals surface area contributed by atoms with Crippen molar-refractivity contribution in [2.24, 2.45) is 0 Å². The van der Waals surface area contributed by atoms with Crippen molar-refractivity contribution in [3.63, 3.8) is 0 Å². The average molecular weight is 293 g/mol. The third-order valence-corrected chi connectivity index (χ3v) is 3.91. The molecule has 20 heavy (non-hydrogen) atoms. The molecule has 0 aliphatic rings. The zero-order valence-corrected chi connectivity index (χ0v) is 12.6. The number of hydrogen-bond donors (Lipinski definition) is 2. The molecule has 1 amide bonds. The molecule has 0 aromatic carbocycles. The molecule has 2 aromatic rings. The van der Waals surface area contributed by atoms with Gasteiger partial charge in [0.15, 0.2) is 5.13 Å². The van der Waals surface area contributed by atoms with Crippen LogP contribution in [-0.2, 0) is 11.3 Å². The first-order valence-corrected chi connectivity index (χ1v) is 7.38. The lowest BCUT2D eigenvalue weighted by Gasteiger charge is -2.21. The lowest BCUT2D eigenvalue weighted by atomic mass is 10.2. The smallest absolute Gasteiger partial charge is 0.223 e. The highest BCUT2D eigenvalue weighted by molar-refractivity contribution is 7.13. The molecule has 6 nitrogen and oxygen atoms in total. The van der Waals surface area contributed by atoms with Crippen LogP contribution in [0.4, 0.5) is 5.13 Å². The summed E-state index contributed by atoms with van der Waals surface area (Å²) in [6.07, 6.45) is 3.74. The summed E-state index contributed by atoms with van der Waals surface area (Å²) in [6, 6.07) is 2.45. The predicted octanol–water partition coefficient (Wildman–Crippen LogP) is 2.04. The summed E-state index contributed by atoms with van der Waals surface area (Å²) >= 11 is 1.44. The van der Waals surface area contributed by atoms with Gasteiger partial charge in [-0.3, -0.25) is 9.48 Å². The summed E-state index contributed by atoms with van der Waals surface area (Å²) in [6.45, 7) is 6.39. The van der Waals surface area contributed by atoms with E-state index in [9.17, 15) is 4.79 Å². The Morgan fingerprint density at radius 3 is 2.95 bits per heavy atom. The lowest BCUT2D eigenvalue weighted by Crippen LogP contribution is -2.33. The van der Waals surface area contributed by atoms with Crippen molar-refractivity contribution in [2.45, 2.75) is 39.4 Å². The fourth-order valence-electron chi connectivity index (χ4n) is 1.78. The molecule has 0 aliphatic heterocycles. The molecular formula is C13H19N5OS. The molecule has 7 heteroatoms. The molecule has 2 unspecified atom stereocenters. The molecule has 2 atom stereocenters. The summed E-state index contributed by atoms with van der Waals surface area (Å²) in [5.74, 6) is -0.0977. The number of nitrogens with one attached hydrogen (secondary N) is 2. The van der Waals surface area contributed by atoms with Crippen molar-refractivity contribution in [1.29, 1.82) is 0 Å². The second-order valence-electron chi connectivity index (χ2n) is 4.72. The van der Waals surface area contributed by atoms with Crippen molar-refractivity contribution < 1.29 is 4.79 Å². The Balaban J connectivity index is 1.85. The van der Waals surface area contributed by atoms with E-state index in [-0.39, 0.29) is 18.0 Å². The van der Waals surface area contributed by atoms with Crippen LogP contribution in [0, 0.1) is 0 Å². The van der Waals surface area contributed by atoms with E-state index in [1.54, 1.807) is 6.20 Å². The average Bonchev–Trinajstić information content (AvgIpc) is 3.05. The molecule has 2 N–H and O–H groups in total. The highest BCUT2D eigenvalue weighted by Gasteiger charge is 2.14. The number of aromatic nitrogens is 3. The first kappa shape index (κ1) is 14.7. The molecule has 0 fully saturated rings. The van der Waals surface area contributed by atoms with Gasteiger partial charge in [0.1, 0.15) is 0 Å². The van der Waals surface area contributed by atoms with Crippen LogP contribution in [0.3, 0.4) is 0 Å². The van der Waals surface area contributed by atoms with Gasteiger partial charge in [-0.1, -0.05) is 0 Å². The standard InChI is InChI=1S/C13H19N5OS/c1-9(10(2)18-6-4-5-15-18)14-7-12-8-20-13(17-12)16-11(3)19/h4-6,8-10,14H,7H2,1-3H3,(H,16,17,19). The maximum absolute atomic E-state index is 10.9. The minimum atomic E-state index is -0.0977. The zero-order chi connectivity index (χ0) is 14.5. The molecule has 2 heterocycles. The SMILES string of the molecule is CC(=O)Nc1nc(CNC(C)C(C)n2cccn2)cs1. The topological polar surface area (TPSA) is 71.8 Å². The molecule has 2 rings (SSSR count). The Bertz CT molecular complexity index is 551. The largest absolute Gasteiger partial charge is 0.306 e. The van der Waals surface area contributed by atoms with E-state index in [0.29, 0.717) is 11.7 Å². The maximum Gasteiger partial charge on any atom is 0.223 e. The molecular weight excluding hydrogens is 274 g/mol. The fourth-order valence-corrected chi connectivity index (χ4v) is 2.54. The number of carbonyl (C=O) groups is 1. The molecule has 0 aliphatic carbocycles. The van der Waals surface area contributed by atoms with Crippen LogP contribution in [0.1, 0.15) is 32.5 Å². The third kappa shape index (κ3) is 3.88. The molecule has 0 spiro atoms. The Hall–Kier alpha value is -1.73. The Kier molecular flexibility index (Phi) is 4.86. The van der Waals surface area contributed by atoms with Crippen LogP contribution in [0.2, 0.25) is 0 Å². The number of anilines is 1. The van der Waals surface area contributed by atoms with E-state index < -0.39 is 0 Å². The van der Waals surface area contributed by atoms with Crippen LogP contribution in [0.15, 0.2) is 23.8 Å². The van der Waals surface area contributed by atoms with Gasteiger partial charge in [-0.05, 0) is 19.9 Å². The number of thiazole rings is 1. The quantitative estimate of drug-likeness (QED) is 0.855. The highest BCUT2D eigenvalue weighted by atomic mass is 32.1. The third-order valence-electron chi connectivity index (χ3n) is 3.11. The van der Waals surface area contributed by atoms with Gasteiger partial charge in [0, 0.05) is 37.3 Å². The molecule has 0 bridgehead atoms. The predicted molar refractivity (Wildman–Crippen MR) is 79.7 cm³/mol. The van der Waals surface area contributed by atoms with Crippen molar-refractivity contribution in [1.82, 2.24) is 20.1 Å². The van der Waals surface area contributed by atoms with E-state index in [2.05, 4.69) is 34.6 Å². The molecule has 0 radical (unpaired) electrons. The lowest BCUT2D eigenvalue weighted by molar-refractivity contribution is -0.114. The first-order valence-electron chi connectivity index (χ1n) is 6.50. The van der Waals surface area contributed by atoms with E-state index in [4.69, 9.17) is 0 Å². The fraction of sp³-hybridized carbons (Fsp3) is 0.462. The summed E-state index contributed by atoms with van der Waals surface area (Å²) in [5.41, 5.74) is 0.929. The number of rotatable bonds is 6. The molecule has 0 saturated carbocycles. The van der Waals surface area contributed by atoms with Crippen molar-refractivity contribution in [2.75, 3.05) is 5.32 Å². The minimum Gasteiger partial charge on any atom is -0.306 e. The number of carbonyl (C=O) groups excluding carboxylic acids is 1. The van der Waals surface area contributed by atoms with Crippen LogP contribution in [-0.4, -0.2) is 26.7 Å². The number of hydrogen-bond acceptors (Lipinski definition) is 5. The van der Waals surface area contributed by atoms with E-state index in [0.717, 1.165) is 5.69 Å². The van der Waals surface area contributed by atoms with Gasteiger partial charge < -0.3 is 10.6 Å². The Labute approximate surface area is 122 Å². The van der Waals surface area contributed by atoms with Gasteiger partial charge in [-0.25, -0.2) is 4.98 Å². The summed E-state index contributed by atoms with van der Waals surface area (Å²) in [5, 5.41) is 12.9. The first-order chi connectivity index (χ1) is 9.56. The van der Waals surface area contributed by atoms with Gasteiger partial charge in [-0.2, -0.15) is 5.10 Å². The van der Waals surface area contributed by atoms with Gasteiger partial charge in [-0.15, -0.1) is 11.3 Å². The molecule has 108 valence electrons. The zero-order valence-electron chi connectivity index (χ0n) is 11.8. The number of amides is 1. The van der Waals surface area contributed by atoms with Gasteiger partial charge in [0.05, 0.1) is 11.7 Å². The summed E-state index contributed by atoms with van der Waals surface area (Å²) < 4.78 is 1.93. The Morgan fingerprint density at radius 1 is 1.50 bits per heavy atom. The minimum absolute atomic E-state index is 0.0977. The summed E-state index contributed by atoms with van der Waals surface area (Å²) in [4.78, 5) is 15.3. The van der Waals surface area contributed by atoms with Crippen LogP contribution < -0.4 is 10.6 Å². The second kappa shape index (κ2) is 6.62. The van der Waals surface area contributed by atoms with Crippen LogP contribution in [0.5, 0.6) is 0 Å². The van der Waals surface area contributed by atoms with E-state index in [1.165, 1.54) is 18.3 Å². The van der Waals surface area contributed by atoms with Crippen molar-refractivity contribution in [3.05, 3.63) is 29.5 Å². The van der Waals surface area contributed by atoms with Crippen molar-refractivity contribution >= 4 is 22.4 Å². The Morgan fingerprint density at radius 2 is 2.30 bits per heavy atom. The van der Waals surface area contributed by atoms with Gasteiger partial charge in [0.25, 0.3) is 0 Å². The monoisotopic (exact) mass is 293 g/mol. The van der Waals surface area contributed by atoms with Crippen molar-refractivity contribution in [3.8, 4) is 0 Å². The van der Waals surface area contributed by atoms with E-state index >= 15 is 0 Å². The molecule has 0 saturated heterocycles. The maximum atomic E-state index is 10.9. The molecule has 2 aromatic heterocycles. The van der Waals surface area contributed by atoms with Gasteiger partial charge in [0.2, 0.25) is 5.91 Å². The summed E-state index contributed by atoms with van der Waals surface area (Å²) in [7, 11) is 0. The van der Waals surface area contributed by atoms with E-state index in [1.807, 2.05) is 22.3 Å². The highest BCUT2D eigenvalue weighted by Crippen LogP contribution is 2.16. The van der Waals surface area contributed by atoms with Crippen LogP contribution in [0.25, 0.3) is 0 Å².